The molecule has 0 aromatic heterocycles. The van der Waals surface area contributed by atoms with Gasteiger partial charge in [-0.1, -0.05) is 18.2 Å². The minimum Gasteiger partial charge on any atom is -0.504 e. The number of hydrogen-bond acceptors (Lipinski definition) is 4. The molecule has 1 unspecified atom stereocenters. The van der Waals surface area contributed by atoms with E-state index in [1.54, 1.807) is 7.11 Å². The number of hydrogen-bond donors (Lipinski definition) is 2. The molecule has 106 valence electrons. The van der Waals surface area contributed by atoms with Crippen molar-refractivity contribution in [1.29, 1.82) is 0 Å². The molecule has 0 radical (unpaired) electrons. The maximum Gasteiger partial charge on any atom is 0.162 e. The maximum atomic E-state index is 10.6. The number of aromatic hydroxyl groups is 1. The van der Waals surface area contributed by atoms with Crippen molar-refractivity contribution in [3.63, 3.8) is 0 Å². The molecule has 2 bridgehead atoms. The van der Waals surface area contributed by atoms with E-state index >= 15 is 0 Å². The van der Waals surface area contributed by atoms with Crippen molar-refractivity contribution in [2.45, 2.75) is 36.9 Å². The van der Waals surface area contributed by atoms with E-state index < -0.39 is 0 Å². The summed E-state index contributed by atoms with van der Waals surface area (Å²) in [5.41, 5.74) is 2.03. The van der Waals surface area contributed by atoms with Crippen LogP contribution in [0, 0.1) is 0 Å². The van der Waals surface area contributed by atoms with Crippen molar-refractivity contribution in [1.82, 2.24) is 4.90 Å². The fourth-order valence-electron chi connectivity index (χ4n) is 4.33. The highest BCUT2D eigenvalue weighted by Crippen LogP contribution is 2.55. The van der Waals surface area contributed by atoms with Crippen LogP contribution in [0.25, 0.3) is 0 Å². The Bertz CT molecular complexity index is 598. The van der Waals surface area contributed by atoms with E-state index in [2.05, 4.69) is 17.0 Å². The molecular formula is C16H19NO3. The van der Waals surface area contributed by atoms with Crippen LogP contribution in [0.5, 0.6) is 11.5 Å². The molecule has 0 amide bonds. The Morgan fingerprint density at radius 2 is 2.25 bits per heavy atom. The predicted molar refractivity (Wildman–Crippen MR) is 74.9 cm³/mol. The Kier molecular flexibility index (Phi) is 2.44. The number of aliphatic hydroxyl groups excluding tert-OH is 1. The first kappa shape index (κ1) is 12.2. The molecule has 4 atom stereocenters. The Morgan fingerprint density at radius 1 is 1.40 bits per heavy atom. The van der Waals surface area contributed by atoms with Gasteiger partial charge in [0.25, 0.3) is 0 Å². The van der Waals surface area contributed by atoms with Gasteiger partial charge in [0.1, 0.15) is 0 Å². The first-order valence-electron chi connectivity index (χ1n) is 7.16. The summed E-state index contributed by atoms with van der Waals surface area (Å²) in [6.45, 7) is 1.86. The van der Waals surface area contributed by atoms with Gasteiger partial charge in [0, 0.05) is 30.1 Å². The van der Waals surface area contributed by atoms with E-state index in [0.29, 0.717) is 5.75 Å². The van der Waals surface area contributed by atoms with Gasteiger partial charge in [0.2, 0.25) is 0 Å². The van der Waals surface area contributed by atoms with E-state index in [-0.39, 0.29) is 23.3 Å². The molecule has 1 aromatic rings. The highest BCUT2D eigenvalue weighted by molar-refractivity contribution is 5.58. The fraction of sp³-hybridized carbons (Fsp3) is 0.500. The summed E-state index contributed by atoms with van der Waals surface area (Å²) < 4.78 is 5.28. The first-order valence-corrected chi connectivity index (χ1v) is 7.16. The van der Waals surface area contributed by atoms with Crippen LogP contribution in [0.1, 0.15) is 24.0 Å². The molecule has 1 aliphatic carbocycles. The predicted octanol–water partition coefficient (Wildman–Crippen LogP) is 1.55. The molecule has 4 rings (SSSR count). The number of nitrogens with zero attached hydrogens (tertiary/aromatic N) is 1. The van der Waals surface area contributed by atoms with Crippen molar-refractivity contribution in [2.75, 3.05) is 13.7 Å². The number of benzene rings is 1. The minimum atomic E-state index is -0.372. The average molecular weight is 273 g/mol. The van der Waals surface area contributed by atoms with Crippen LogP contribution < -0.4 is 4.74 Å². The fourth-order valence-corrected chi connectivity index (χ4v) is 4.33. The third-order valence-electron chi connectivity index (χ3n) is 5.21. The molecule has 20 heavy (non-hydrogen) atoms. The summed E-state index contributed by atoms with van der Waals surface area (Å²) in [5.74, 6) is 0.814. The number of phenolic OH excluding ortho intramolecular Hbond substituents is 1. The van der Waals surface area contributed by atoms with Crippen molar-refractivity contribution < 1.29 is 14.9 Å². The molecule has 2 aliphatic heterocycles. The third kappa shape index (κ3) is 1.38. The van der Waals surface area contributed by atoms with Crippen LogP contribution in [0.15, 0.2) is 24.3 Å². The summed E-state index contributed by atoms with van der Waals surface area (Å²) in [6.07, 6.45) is 5.36. The van der Waals surface area contributed by atoms with Gasteiger partial charge in [-0.3, -0.25) is 4.90 Å². The summed E-state index contributed by atoms with van der Waals surface area (Å²) in [7, 11) is 1.58. The minimum absolute atomic E-state index is 0.161. The normalized spacial score (nSPS) is 37.4. The standard InChI is InChI=1S/C16H19NO3/c1-20-12-3-2-10-9-17-7-6-16(14(10)15(12)19)5-4-11(18)8-13(16)17/h2-5,11,13,18-19H,6-9H2,1H3/t11-,13-,16+/m1/s1. The summed E-state index contributed by atoms with van der Waals surface area (Å²) in [4.78, 5) is 2.43. The van der Waals surface area contributed by atoms with Crippen LogP contribution in [-0.2, 0) is 12.0 Å². The van der Waals surface area contributed by atoms with Gasteiger partial charge in [-0.15, -0.1) is 0 Å². The number of phenols is 1. The molecule has 2 heterocycles. The lowest BCUT2D eigenvalue weighted by molar-refractivity contribution is 0.109. The lowest BCUT2D eigenvalue weighted by Gasteiger charge is -2.45. The molecule has 1 aromatic carbocycles. The molecule has 1 fully saturated rings. The van der Waals surface area contributed by atoms with Gasteiger partial charge in [0.05, 0.1) is 13.2 Å². The highest BCUT2D eigenvalue weighted by Gasteiger charge is 2.54. The molecule has 3 aliphatic rings. The van der Waals surface area contributed by atoms with E-state index in [4.69, 9.17) is 4.74 Å². The van der Waals surface area contributed by atoms with E-state index in [1.165, 1.54) is 5.56 Å². The summed E-state index contributed by atoms with van der Waals surface area (Å²) >= 11 is 0. The van der Waals surface area contributed by atoms with Crippen LogP contribution in [-0.4, -0.2) is 40.9 Å². The topological polar surface area (TPSA) is 52.9 Å². The largest absolute Gasteiger partial charge is 0.504 e. The zero-order chi connectivity index (χ0) is 13.9. The molecule has 2 N–H and O–H groups in total. The van der Waals surface area contributed by atoms with Gasteiger partial charge in [-0.05, 0) is 24.5 Å². The molecule has 0 spiro atoms. The summed E-state index contributed by atoms with van der Waals surface area (Å²) in [6, 6.07) is 4.18. The third-order valence-corrected chi connectivity index (χ3v) is 5.21. The van der Waals surface area contributed by atoms with E-state index in [0.717, 1.165) is 31.5 Å². The van der Waals surface area contributed by atoms with Gasteiger partial charge < -0.3 is 14.9 Å². The monoisotopic (exact) mass is 273 g/mol. The van der Waals surface area contributed by atoms with Crippen molar-refractivity contribution in [3.8, 4) is 11.5 Å². The van der Waals surface area contributed by atoms with Gasteiger partial charge in [-0.25, -0.2) is 0 Å². The maximum absolute atomic E-state index is 10.6. The molecular weight excluding hydrogens is 254 g/mol. The van der Waals surface area contributed by atoms with Gasteiger partial charge in [0.15, 0.2) is 11.5 Å². The number of methoxy groups -OCH3 is 1. The second-order valence-electron chi connectivity index (χ2n) is 6.09. The quantitative estimate of drug-likeness (QED) is 0.762. The summed E-state index contributed by atoms with van der Waals surface area (Å²) in [5, 5.41) is 20.5. The van der Waals surface area contributed by atoms with Crippen LogP contribution >= 0.6 is 0 Å². The van der Waals surface area contributed by atoms with Gasteiger partial charge in [-0.2, -0.15) is 0 Å². The van der Waals surface area contributed by atoms with Crippen LogP contribution in [0.2, 0.25) is 0 Å². The van der Waals surface area contributed by atoms with E-state index in [1.807, 2.05) is 12.1 Å². The Balaban J connectivity index is 1.96. The molecule has 4 nitrogen and oxygen atoms in total. The van der Waals surface area contributed by atoms with Crippen molar-refractivity contribution >= 4 is 0 Å². The molecule has 0 saturated carbocycles. The van der Waals surface area contributed by atoms with E-state index in [9.17, 15) is 10.2 Å². The van der Waals surface area contributed by atoms with Crippen LogP contribution in [0.3, 0.4) is 0 Å². The Hall–Kier alpha value is -1.52. The Labute approximate surface area is 118 Å². The first-order chi connectivity index (χ1) is 9.65. The smallest absolute Gasteiger partial charge is 0.162 e. The van der Waals surface area contributed by atoms with Gasteiger partial charge >= 0.3 is 0 Å². The number of rotatable bonds is 1. The number of aliphatic hydroxyl groups is 1. The van der Waals surface area contributed by atoms with Crippen LogP contribution in [0.4, 0.5) is 0 Å². The second kappa shape index (κ2) is 3.99. The zero-order valence-electron chi connectivity index (χ0n) is 11.5. The zero-order valence-corrected chi connectivity index (χ0v) is 11.5. The second-order valence-corrected chi connectivity index (χ2v) is 6.09. The number of ether oxygens (including phenoxy) is 1. The van der Waals surface area contributed by atoms with Crippen molar-refractivity contribution in [2.24, 2.45) is 0 Å². The molecule has 1 saturated heterocycles. The Morgan fingerprint density at radius 3 is 3.05 bits per heavy atom. The lowest BCUT2D eigenvalue weighted by Crippen LogP contribution is -2.49. The lowest BCUT2D eigenvalue weighted by atomic mass is 9.66. The SMILES string of the molecule is COc1ccc2c(c1O)[C@]13C=C[C@@H](O)C[C@H]1N(CC3)C2. The number of fused-ring (bicyclic) bond motifs is 1. The molecule has 4 heteroatoms. The average Bonchev–Trinajstić information content (AvgIpc) is 2.70. The highest BCUT2D eigenvalue weighted by atomic mass is 16.5. The van der Waals surface area contributed by atoms with Crippen molar-refractivity contribution in [3.05, 3.63) is 35.4 Å².